The highest BCUT2D eigenvalue weighted by atomic mass is 79.9. The van der Waals surface area contributed by atoms with Crippen LogP contribution < -0.4 is 14.8 Å². The van der Waals surface area contributed by atoms with Crippen LogP contribution in [0.15, 0.2) is 16.6 Å². The molecule has 3 nitrogen and oxygen atoms in total. The molecule has 0 heterocycles. The van der Waals surface area contributed by atoms with Crippen LogP contribution in [0.2, 0.25) is 0 Å². The van der Waals surface area contributed by atoms with Gasteiger partial charge < -0.3 is 14.8 Å². The molecule has 1 aliphatic rings. The number of halogens is 1. The van der Waals surface area contributed by atoms with Gasteiger partial charge in [0.05, 0.1) is 14.2 Å². The summed E-state index contributed by atoms with van der Waals surface area (Å²) < 4.78 is 12.0. The first-order valence-electron chi connectivity index (χ1n) is 7.77. The van der Waals surface area contributed by atoms with Crippen LogP contribution in [0.25, 0.3) is 0 Å². The van der Waals surface area contributed by atoms with Crippen LogP contribution in [0, 0.1) is 11.8 Å². The molecule has 2 rings (SSSR count). The summed E-state index contributed by atoms with van der Waals surface area (Å²) in [4.78, 5) is 0. The molecular formula is C17H26BrNO2. The van der Waals surface area contributed by atoms with Gasteiger partial charge in [-0.2, -0.15) is 0 Å². The third kappa shape index (κ3) is 3.37. The largest absolute Gasteiger partial charge is 0.495 e. The SMILES string of the molecule is CCNC(c1ccc(OC)c(Br)c1OC)C1CCCC1C. The molecule has 0 bridgehead atoms. The van der Waals surface area contributed by atoms with E-state index in [1.54, 1.807) is 14.2 Å². The fourth-order valence-corrected chi connectivity index (χ4v) is 4.23. The van der Waals surface area contributed by atoms with E-state index in [1.165, 1.54) is 24.8 Å². The van der Waals surface area contributed by atoms with E-state index in [4.69, 9.17) is 9.47 Å². The summed E-state index contributed by atoms with van der Waals surface area (Å²) in [5.41, 5.74) is 1.23. The smallest absolute Gasteiger partial charge is 0.141 e. The molecular weight excluding hydrogens is 330 g/mol. The second kappa shape index (κ2) is 7.50. The van der Waals surface area contributed by atoms with Crippen molar-refractivity contribution in [3.05, 3.63) is 22.2 Å². The normalized spacial score (nSPS) is 23.1. The molecule has 0 amide bonds. The Balaban J connectivity index is 2.42. The zero-order valence-corrected chi connectivity index (χ0v) is 15.0. The maximum atomic E-state index is 5.67. The monoisotopic (exact) mass is 355 g/mol. The number of ether oxygens (including phenoxy) is 2. The zero-order valence-electron chi connectivity index (χ0n) is 13.4. The predicted octanol–water partition coefficient (Wildman–Crippen LogP) is 4.55. The van der Waals surface area contributed by atoms with Gasteiger partial charge in [-0.15, -0.1) is 0 Å². The number of rotatable bonds is 6. The lowest BCUT2D eigenvalue weighted by Crippen LogP contribution is -2.30. The number of nitrogens with one attached hydrogen (secondary N) is 1. The van der Waals surface area contributed by atoms with E-state index in [0.717, 1.165) is 28.4 Å². The molecule has 1 aliphatic carbocycles. The molecule has 0 aliphatic heterocycles. The number of benzene rings is 1. The van der Waals surface area contributed by atoms with Crippen LogP contribution in [0.1, 0.15) is 44.7 Å². The highest BCUT2D eigenvalue weighted by Gasteiger charge is 2.33. The second-order valence-electron chi connectivity index (χ2n) is 5.81. The summed E-state index contributed by atoms with van der Waals surface area (Å²) >= 11 is 3.62. The Morgan fingerprint density at radius 2 is 2.05 bits per heavy atom. The minimum Gasteiger partial charge on any atom is -0.495 e. The molecule has 1 aromatic carbocycles. The van der Waals surface area contributed by atoms with E-state index < -0.39 is 0 Å². The van der Waals surface area contributed by atoms with Crippen molar-refractivity contribution in [3.63, 3.8) is 0 Å². The fourth-order valence-electron chi connectivity index (χ4n) is 3.54. The molecule has 3 unspecified atom stereocenters. The van der Waals surface area contributed by atoms with Gasteiger partial charge in [-0.1, -0.05) is 26.7 Å². The van der Waals surface area contributed by atoms with E-state index in [1.807, 2.05) is 6.07 Å². The van der Waals surface area contributed by atoms with E-state index >= 15 is 0 Å². The van der Waals surface area contributed by atoms with Crippen molar-refractivity contribution in [2.75, 3.05) is 20.8 Å². The first-order chi connectivity index (χ1) is 10.1. The first kappa shape index (κ1) is 16.6. The third-order valence-electron chi connectivity index (χ3n) is 4.63. The lowest BCUT2D eigenvalue weighted by molar-refractivity contribution is 0.294. The standard InChI is InChI=1S/C17H26BrNO2/c1-5-19-16(12-8-6-7-11(12)2)13-9-10-14(20-3)15(18)17(13)21-4/h9-12,16,19H,5-8H2,1-4H3. The molecule has 3 atom stereocenters. The fraction of sp³-hybridized carbons (Fsp3) is 0.647. The van der Waals surface area contributed by atoms with E-state index in [0.29, 0.717) is 12.0 Å². The molecule has 0 radical (unpaired) electrons. The Labute approximate surface area is 136 Å². The van der Waals surface area contributed by atoms with E-state index in [-0.39, 0.29) is 0 Å². The maximum Gasteiger partial charge on any atom is 0.141 e. The van der Waals surface area contributed by atoms with Gasteiger partial charge >= 0.3 is 0 Å². The Morgan fingerprint density at radius 3 is 2.57 bits per heavy atom. The molecule has 21 heavy (non-hydrogen) atoms. The predicted molar refractivity (Wildman–Crippen MR) is 90.2 cm³/mol. The highest BCUT2D eigenvalue weighted by molar-refractivity contribution is 9.10. The zero-order chi connectivity index (χ0) is 15.4. The minimum atomic E-state index is 0.338. The Kier molecular flexibility index (Phi) is 5.94. The van der Waals surface area contributed by atoms with E-state index in [9.17, 15) is 0 Å². The quantitative estimate of drug-likeness (QED) is 0.811. The molecule has 4 heteroatoms. The number of hydrogen-bond acceptors (Lipinski definition) is 3. The van der Waals surface area contributed by atoms with Crippen LogP contribution in [0.5, 0.6) is 11.5 Å². The van der Waals surface area contributed by atoms with Crippen molar-refractivity contribution >= 4 is 15.9 Å². The first-order valence-corrected chi connectivity index (χ1v) is 8.57. The summed E-state index contributed by atoms with van der Waals surface area (Å²) in [6.45, 7) is 5.49. The lowest BCUT2D eigenvalue weighted by Gasteiger charge is -2.30. The van der Waals surface area contributed by atoms with Gasteiger partial charge in [-0.3, -0.25) is 0 Å². The number of hydrogen-bond donors (Lipinski definition) is 1. The maximum absolute atomic E-state index is 5.67. The summed E-state index contributed by atoms with van der Waals surface area (Å²) in [6, 6.07) is 4.50. The van der Waals surface area contributed by atoms with Gasteiger partial charge in [0.2, 0.25) is 0 Å². The summed E-state index contributed by atoms with van der Waals surface area (Å²) in [6.07, 6.45) is 3.94. The van der Waals surface area contributed by atoms with Crippen LogP contribution in [-0.4, -0.2) is 20.8 Å². The minimum absolute atomic E-state index is 0.338. The van der Waals surface area contributed by atoms with Crippen molar-refractivity contribution in [2.45, 2.75) is 39.2 Å². The van der Waals surface area contributed by atoms with Gasteiger partial charge in [0, 0.05) is 11.6 Å². The average molecular weight is 356 g/mol. The number of methoxy groups -OCH3 is 2. The average Bonchev–Trinajstić information content (AvgIpc) is 2.90. The van der Waals surface area contributed by atoms with Gasteiger partial charge in [0.15, 0.2) is 0 Å². The summed E-state index contributed by atoms with van der Waals surface area (Å²) in [5.74, 6) is 3.11. The summed E-state index contributed by atoms with van der Waals surface area (Å²) in [5, 5.41) is 3.67. The Hall–Kier alpha value is -0.740. The molecule has 118 valence electrons. The molecule has 0 aromatic heterocycles. The van der Waals surface area contributed by atoms with Crippen LogP contribution >= 0.6 is 15.9 Å². The van der Waals surface area contributed by atoms with Crippen molar-refractivity contribution in [1.29, 1.82) is 0 Å². The Morgan fingerprint density at radius 1 is 1.29 bits per heavy atom. The molecule has 0 spiro atoms. The molecule has 1 aromatic rings. The van der Waals surface area contributed by atoms with Crippen molar-refractivity contribution in [2.24, 2.45) is 11.8 Å². The summed E-state index contributed by atoms with van der Waals surface area (Å²) in [7, 11) is 3.41. The van der Waals surface area contributed by atoms with Crippen LogP contribution in [0.3, 0.4) is 0 Å². The van der Waals surface area contributed by atoms with Gasteiger partial charge in [0.25, 0.3) is 0 Å². The van der Waals surface area contributed by atoms with Gasteiger partial charge in [-0.05, 0) is 52.9 Å². The second-order valence-corrected chi connectivity index (χ2v) is 6.60. The van der Waals surface area contributed by atoms with E-state index in [2.05, 4.69) is 41.2 Å². The van der Waals surface area contributed by atoms with Crippen molar-refractivity contribution in [1.82, 2.24) is 5.32 Å². The van der Waals surface area contributed by atoms with Gasteiger partial charge in [-0.25, -0.2) is 0 Å². The molecule has 1 saturated carbocycles. The molecule has 0 saturated heterocycles. The van der Waals surface area contributed by atoms with Crippen LogP contribution in [0.4, 0.5) is 0 Å². The lowest BCUT2D eigenvalue weighted by atomic mass is 9.85. The Bertz CT molecular complexity index is 478. The van der Waals surface area contributed by atoms with Gasteiger partial charge in [0.1, 0.15) is 16.0 Å². The van der Waals surface area contributed by atoms with Crippen molar-refractivity contribution < 1.29 is 9.47 Å². The molecule has 1 N–H and O–H groups in total. The topological polar surface area (TPSA) is 30.5 Å². The third-order valence-corrected chi connectivity index (χ3v) is 5.38. The van der Waals surface area contributed by atoms with Crippen molar-refractivity contribution in [3.8, 4) is 11.5 Å². The molecule has 1 fully saturated rings. The van der Waals surface area contributed by atoms with Crippen LogP contribution in [-0.2, 0) is 0 Å². The highest BCUT2D eigenvalue weighted by Crippen LogP contribution is 2.46.